The number of aromatic nitrogens is 3. The number of para-hydroxylation sites is 2. The fourth-order valence-electron chi connectivity index (χ4n) is 3.00. The highest BCUT2D eigenvalue weighted by atomic mass is 16.2. The van der Waals surface area contributed by atoms with Crippen LogP contribution in [0.15, 0.2) is 72.8 Å². The molecule has 0 spiro atoms. The minimum absolute atomic E-state index is 0.146. The number of hydrogen-bond acceptors (Lipinski definition) is 3. The lowest BCUT2D eigenvalue weighted by molar-refractivity contribution is 0.262. The van der Waals surface area contributed by atoms with Crippen LogP contribution < -0.4 is 10.6 Å². The predicted octanol–water partition coefficient (Wildman–Crippen LogP) is 5.36. The Morgan fingerprint density at radius 2 is 1.62 bits per heavy atom. The molecule has 0 saturated heterocycles. The monoisotopic (exact) mass is 385 g/mol. The van der Waals surface area contributed by atoms with Crippen molar-refractivity contribution in [2.24, 2.45) is 0 Å². The molecule has 0 bridgehead atoms. The van der Waals surface area contributed by atoms with Gasteiger partial charge >= 0.3 is 6.03 Å². The molecular weight excluding hydrogens is 362 g/mol. The van der Waals surface area contributed by atoms with Gasteiger partial charge in [0.1, 0.15) is 11.6 Å². The maximum absolute atomic E-state index is 12.7. The zero-order valence-corrected chi connectivity index (χ0v) is 16.7. The van der Waals surface area contributed by atoms with E-state index in [-0.39, 0.29) is 11.4 Å². The summed E-state index contributed by atoms with van der Waals surface area (Å²) in [6.45, 7) is 6.27. The fraction of sp³-hybridized carbons (Fsp3) is 0.174. The van der Waals surface area contributed by atoms with Crippen LogP contribution in [0.3, 0.4) is 0 Å². The molecule has 0 aliphatic heterocycles. The Morgan fingerprint density at radius 3 is 2.38 bits per heavy atom. The van der Waals surface area contributed by atoms with E-state index in [1.54, 1.807) is 10.7 Å². The van der Waals surface area contributed by atoms with E-state index in [0.717, 1.165) is 22.3 Å². The lowest BCUT2D eigenvalue weighted by Crippen LogP contribution is -2.21. The van der Waals surface area contributed by atoms with E-state index in [0.29, 0.717) is 11.6 Å². The van der Waals surface area contributed by atoms with Crippen LogP contribution in [0.4, 0.5) is 16.4 Å². The third-order valence-electron chi connectivity index (χ3n) is 4.56. The number of hydrogen-bond donors (Lipinski definition) is 2. The molecule has 146 valence electrons. The average Bonchev–Trinajstić information content (AvgIpc) is 3.12. The zero-order chi connectivity index (χ0) is 20.4. The molecule has 0 radical (unpaired) electrons. The summed E-state index contributed by atoms with van der Waals surface area (Å²) >= 11 is 0. The van der Waals surface area contributed by atoms with E-state index < -0.39 is 0 Å². The van der Waals surface area contributed by atoms with Crippen molar-refractivity contribution in [3.8, 4) is 5.69 Å². The maximum Gasteiger partial charge on any atom is 0.326 e. The van der Waals surface area contributed by atoms with E-state index in [4.69, 9.17) is 5.10 Å². The summed E-state index contributed by atoms with van der Waals surface area (Å²) in [5.41, 5.74) is 2.45. The standard InChI is InChI=1S/C23H23N5O/c1-23(2,3)19-15-21(28(27-19)17-10-5-4-6-11-17)26-22(29)25-20-14-13-16-9-7-8-12-18(16)24-20/h4-15H,1-3H3,(H2,24,25,26,29). The van der Waals surface area contributed by atoms with Gasteiger partial charge in [0.05, 0.1) is 16.9 Å². The van der Waals surface area contributed by atoms with E-state index in [2.05, 4.69) is 36.4 Å². The van der Waals surface area contributed by atoms with Gasteiger partial charge in [0, 0.05) is 16.9 Å². The number of anilines is 2. The summed E-state index contributed by atoms with van der Waals surface area (Å²) in [6.07, 6.45) is 0. The van der Waals surface area contributed by atoms with Crippen molar-refractivity contribution in [3.05, 3.63) is 78.5 Å². The minimum Gasteiger partial charge on any atom is -0.292 e. The molecule has 29 heavy (non-hydrogen) atoms. The van der Waals surface area contributed by atoms with Gasteiger partial charge in [0.15, 0.2) is 0 Å². The summed E-state index contributed by atoms with van der Waals surface area (Å²) in [5.74, 6) is 1.09. The number of amides is 2. The van der Waals surface area contributed by atoms with Crippen molar-refractivity contribution in [3.63, 3.8) is 0 Å². The second-order valence-electron chi connectivity index (χ2n) is 7.88. The van der Waals surface area contributed by atoms with Crippen LogP contribution in [0.1, 0.15) is 26.5 Å². The van der Waals surface area contributed by atoms with Gasteiger partial charge in [-0.3, -0.25) is 10.6 Å². The molecule has 0 unspecified atom stereocenters. The van der Waals surface area contributed by atoms with Gasteiger partial charge in [-0.25, -0.2) is 14.5 Å². The zero-order valence-electron chi connectivity index (χ0n) is 16.7. The molecule has 4 aromatic rings. The molecule has 0 atom stereocenters. The molecule has 2 aromatic heterocycles. The Morgan fingerprint density at radius 1 is 0.897 bits per heavy atom. The van der Waals surface area contributed by atoms with Crippen molar-refractivity contribution in [2.45, 2.75) is 26.2 Å². The van der Waals surface area contributed by atoms with Crippen molar-refractivity contribution in [2.75, 3.05) is 10.6 Å². The van der Waals surface area contributed by atoms with Crippen LogP contribution in [0.2, 0.25) is 0 Å². The van der Waals surface area contributed by atoms with Crippen LogP contribution in [0.25, 0.3) is 16.6 Å². The van der Waals surface area contributed by atoms with Crippen molar-refractivity contribution in [1.82, 2.24) is 14.8 Å². The van der Waals surface area contributed by atoms with Gasteiger partial charge in [-0.1, -0.05) is 57.2 Å². The molecule has 0 saturated carbocycles. The van der Waals surface area contributed by atoms with Crippen LogP contribution in [0.5, 0.6) is 0 Å². The highest BCUT2D eigenvalue weighted by Crippen LogP contribution is 2.26. The SMILES string of the molecule is CC(C)(C)c1cc(NC(=O)Nc2ccc3ccccc3n2)n(-c2ccccc2)n1. The third-order valence-corrected chi connectivity index (χ3v) is 4.56. The third kappa shape index (κ3) is 4.11. The number of urea groups is 1. The molecule has 4 rings (SSSR count). The first-order valence-corrected chi connectivity index (χ1v) is 9.50. The lowest BCUT2D eigenvalue weighted by Gasteiger charge is -2.14. The van der Waals surface area contributed by atoms with Crippen LogP contribution in [-0.2, 0) is 5.41 Å². The molecule has 6 heteroatoms. The average molecular weight is 385 g/mol. The number of nitrogens with zero attached hydrogens (tertiary/aromatic N) is 3. The van der Waals surface area contributed by atoms with Crippen LogP contribution >= 0.6 is 0 Å². The normalized spacial score (nSPS) is 11.4. The molecular formula is C23H23N5O. The first-order valence-electron chi connectivity index (χ1n) is 9.50. The minimum atomic E-state index is -0.370. The molecule has 2 heterocycles. The Balaban J connectivity index is 1.60. The van der Waals surface area contributed by atoms with Crippen molar-refractivity contribution >= 4 is 28.6 Å². The summed E-state index contributed by atoms with van der Waals surface area (Å²) < 4.78 is 1.74. The van der Waals surface area contributed by atoms with Gasteiger partial charge in [-0.2, -0.15) is 5.10 Å². The van der Waals surface area contributed by atoms with Crippen molar-refractivity contribution in [1.29, 1.82) is 0 Å². The number of benzene rings is 2. The first kappa shape index (κ1) is 18.7. The number of pyridine rings is 1. The number of fused-ring (bicyclic) bond motifs is 1. The van der Waals surface area contributed by atoms with E-state index >= 15 is 0 Å². The molecule has 6 nitrogen and oxygen atoms in total. The van der Waals surface area contributed by atoms with E-state index in [1.165, 1.54) is 0 Å². The van der Waals surface area contributed by atoms with Crippen molar-refractivity contribution < 1.29 is 4.79 Å². The van der Waals surface area contributed by atoms with E-state index in [9.17, 15) is 4.79 Å². The second kappa shape index (κ2) is 7.39. The Labute approximate surface area is 169 Å². The second-order valence-corrected chi connectivity index (χ2v) is 7.88. The topological polar surface area (TPSA) is 71.8 Å². The van der Waals surface area contributed by atoms with Gasteiger partial charge in [-0.15, -0.1) is 0 Å². The van der Waals surface area contributed by atoms with Crippen LogP contribution in [-0.4, -0.2) is 20.8 Å². The molecule has 0 aliphatic carbocycles. The molecule has 0 fully saturated rings. The fourth-order valence-corrected chi connectivity index (χ4v) is 3.00. The largest absolute Gasteiger partial charge is 0.326 e. The summed E-state index contributed by atoms with van der Waals surface area (Å²) in [4.78, 5) is 17.1. The molecule has 0 aliphatic rings. The Kier molecular flexibility index (Phi) is 4.76. The highest BCUT2D eigenvalue weighted by molar-refractivity contribution is 5.99. The molecule has 2 N–H and O–H groups in total. The Hall–Kier alpha value is -3.67. The Bertz CT molecular complexity index is 1160. The van der Waals surface area contributed by atoms with E-state index in [1.807, 2.05) is 66.7 Å². The first-order chi connectivity index (χ1) is 13.9. The number of rotatable bonds is 3. The number of carbonyl (C=O) groups is 1. The summed E-state index contributed by atoms with van der Waals surface area (Å²) in [6, 6.07) is 22.8. The quantitative estimate of drug-likeness (QED) is 0.498. The van der Waals surface area contributed by atoms with Gasteiger partial charge < -0.3 is 0 Å². The summed E-state index contributed by atoms with van der Waals surface area (Å²) in [7, 11) is 0. The summed E-state index contributed by atoms with van der Waals surface area (Å²) in [5, 5.41) is 11.5. The number of nitrogens with one attached hydrogen (secondary N) is 2. The lowest BCUT2D eigenvalue weighted by atomic mass is 9.92. The molecule has 2 amide bonds. The van der Waals surface area contributed by atoms with Crippen LogP contribution in [0, 0.1) is 0 Å². The smallest absolute Gasteiger partial charge is 0.292 e. The van der Waals surface area contributed by atoms with Gasteiger partial charge in [0.2, 0.25) is 0 Å². The molecule has 2 aromatic carbocycles. The number of carbonyl (C=O) groups excluding carboxylic acids is 1. The predicted molar refractivity (Wildman–Crippen MR) is 117 cm³/mol. The maximum atomic E-state index is 12.7. The van der Waals surface area contributed by atoms with Gasteiger partial charge in [0.25, 0.3) is 0 Å². The highest BCUT2D eigenvalue weighted by Gasteiger charge is 2.21. The van der Waals surface area contributed by atoms with Gasteiger partial charge in [-0.05, 0) is 30.3 Å².